The van der Waals surface area contributed by atoms with E-state index in [1.807, 2.05) is 10.9 Å². The second kappa shape index (κ2) is 5.35. The van der Waals surface area contributed by atoms with Crippen LogP contribution in [0.25, 0.3) is 0 Å². The van der Waals surface area contributed by atoms with Crippen molar-refractivity contribution in [2.45, 2.75) is 39.2 Å². The Kier molecular flexibility index (Phi) is 4.39. The minimum atomic E-state index is 0.132. The van der Waals surface area contributed by atoms with Gasteiger partial charge in [0.2, 0.25) is 0 Å². The molecule has 0 aliphatic heterocycles. The first-order valence-corrected chi connectivity index (χ1v) is 5.82. The van der Waals surface area contributed by atoms with Crippen molar-refractivity contribution in [3.8, 4) is 0 Å². The normalized spacial score (nSPS) is 15.6. The van der Waals surface area contributed by atoms with E-state index in [-0.39, 0.29) is 6.04 Å². The maximum atomic E-state index is 6.01. The Bertz CT molecular complexity index is 221. The standard InChI is InChI=1S/C10H18N2S/c1-3-4-8(2)5-9(11)10-6-13-7-12-10/h6-9H,3-5,11H2,1-2H3. The Morgan fingerprint density at radius 3 is 2.92 bits per heavy atom. The molecule has 74 valence electrons. The van der Waals surface area contributed by atoms with Gasteiger partial charge in [0.25, 0.3) is 0 Å². The number of nitrogens with two attached hydrogens (primary N) is 1. The summed E-state index contributed by atoms with van der Waals surface area (Å²) in [6, 6.07) is 0.132. The second-order valence-corrected chi connectivity index (χ2v) is 4.37. The fourth-order valence-electron chi connectivity index (χ4n) is 1.57. The molecule has 0 fully saturated rings. The molecule has 1 rings (SSSR count). The monoisotopic (exact) mass is 198 g/mol. The fraction of sp³-hybridized carbons (Fsp3) is 0.700. The van der Waals surface area contributed by atoms with Crippen LogP contribution >= 0.6 is 11.3 Å². The van der Waals surface area contributed by atoms with Crippen LogP contribution in [0.2, 0.25) is 0 Å². The van der Waals surface area contributed by atoms with Gasteiger partial charge in [0.1, 0.15) is 0 Å². The van der Waals surface area contributed by atoms with Crippen molar-refractivity contribution >= 4 is 11.3 Å². The summed E-state index contributed by atoms with van der Waals surface area (Å²) in [6.45, 7) is 4.47. The third-order valence-corrected chi connectivity index (χ3v) is 2.87. The smallest absolute Gasteiger partial charge is 0.0795 e. The molecular weight excluding hydrogens is 180 g/mol. The first-order valence-electron chi connectivity index (χ1n) is 4.87. The minimum Gasteiger partial charge on any atom is -0.323 e. The second-order valence-electron chi connectivity index (χ2n) is 3.65. The van der Waals surface area contributed by atoms with Crippen LogP contribution in [0.4, 0.5) is 0 Å². The average molecular weight is 198 g/mol. The van der Waals surface area contributed by atoms with E-state index in [2.05, 4.69) is 18.8 Å². The third-order valence-electron chi connectivity index (χ3n) is 2.27. The van der Waals surface area contributed by atoms with Gasteiger partial charge in [-0.1, -0.05) is 26.7 Å². The van der Waals surface area contributed by atoms with E-state index in [1.165, 1.54) is 12.8 Å². The zero-order chi connectivity index (χ0) is 9.68. The summed E-state index contributed by atoms with van der Waals surface area (Å²) >= 11 is 1.62. The molecule has 0 aliphatic carbocycles. The van der Waals surface area contributed by atoms with Gasteiger partial charge in [0.15, 0.2) is 0 Å². The number of nitrogens with zero attached hydrogens (tertiary/aromatic N) is 1. The van der Waals surface area contributed by atoms with E-state index in [1.54, 1.807) is 11.3 Å². The lowest BCUT2D eigenvalue weighted by Crippen LogP contribution is -2.14. The Hall–Kier alpha value is -0.410. The van der Waals surface area contributed by atoms with Crippen LogP contribution in [0.15, 0.2) is 10.9 Å². The van der Waals surface area contributed by atoms with E-state index in [9.17, 15) is 0 Å². The Labute approximate surface area is 84.2 Å². The molecule has 0 bridgehead atoms. The van der Waals surface area contributed by atoms with Crippen LogP contribution in [-0.2, 0) is 0 Å². The highest BCUT2D eigenvalue weighted by molar-refractivity contribution is 7.07. The van der Waals surface area contributed by atoms with Crippen molar-refractivity contribution in [1.29, 1.82) is 0 Å². The van der Waals surface area contributed by atoms with Crippen molar-refractivity contribution in [3.63, 3.8) is 0 Å². The molecule has 1 heterocycles. The fourth-order valence-corrected chi connectivity index (χ4v) is 2.19. The first kappa shape index (κ1) is 10.7. The molecule has 0 aliphatic rings. The predicted octanol–water partition coefficient (Wildman–Crippen LogP) is 2.97. The molecule has 2 atom stereocenters. The predicted molar refractivity (Wildman–Crippen MR) is 57.7 cm³/mol. The van der Waals surface area contributed by atoms with Crippen LogP contribution in [0.3, 0.4) is 0 Å². The molecular formula is C10H18N2S. The molecule has 2 N–H and O–H groups in total. The zero-order valence-corrected chi connectivity index (χ0v) is 9.18. The lowest BCUT2D eigenvalue weighted by molar-refractivity contribution is 0.437. The van der Waals surface area contributed by atoms with Gasteiger partial charge in [-0.3, -0.25) is 0 Å². The number of aromatic nitrogens is 1. The summed E-state index contributed by atoms with van der Waals surface area (Å²) < 4.78 is 0. The molecule has 0 radical (unpaired) electrons. The van der Waals surface area contributed by atoms with Gasteiger partial charge >= 0.3 is 0 Å². The van der Waals surface area contributed by atoms with Crippen LogP contribution in [0.1, 0.15) is 44.8 Å². The SMILES string of the molecule is CCCC(C)CC(N)c1cscn1. The number of hydrogen-bond acceptors (Lipinski definition) is 3. The number of hydrogen-bond donors (Lipinski definition) is 1. The van der Waals surface area contributed by atoms with E-state index >= 15 is 0 Å². The van der Waals surface area contributed by atoms with Gasteiger partial charge in [-0.2, -0.15) is 0 Å². The molecule has 3 heteroatoms. The number of thiazole rings is 1. The average Bonchev–Trinajstić information content (AvgIpc) is 2.55. The van der Waals surface area contributed by atoms with Gasteiger partial charge < -0.3 is 5.73 Å². The topological polar surface area (TPSA) is 38.9 Å². The third kappa shape index (κ3) is 3.44. The maximum Gasteiger partial charge on any atom is 0.0795 e. The van der Waals surface area contributed by atoms with Crippen LogP contribution in [0.5, 0.6) is 0 Å². The van der Waals surface area contributed by atoms with E-state index in [0.717, 1.165) is 12.1 Å². The molecule has 0 saturated heterocycles. The largest absolute Gasteiger partial charge is 0.323 e. The lowest BCUT2D eigenvalue weighted by atomic mass is 9.96. The van der Waals surface area contributed by atoms with Gasteiger partial charge in [-0.15, -0.1) is 11.3 Å². The van der Waals surface area contributed by atoms with E-state index in [4.69, 9.17) is 5.73 Å². The van der Waals surface area contributed by atoms with Crippen LogP contribution < -0.4 is 5.73 Å². The van der Waals surface area contributed by atoms with Crippen LogP contribution in [-0.4, -0.2) is 4.98 Å². The number of rotatable bonds is 5. The molecule has 2 unspecified atom stereocenters. The molecule has 0 saturated carbocycles. The molecule has 13 heavy (non-hydrogen) atoms. The van der Waals surface area contributed by atoms with E-state index in [0.29, 0.717) is 5.92 Å². The van der Waals surface area contributed by atoms with E-state index < -0.39 is 0 Å². The quantitative estimate of drug-likeness (QED) is 0.790. The molecule has 0 spiro atoms. The van der Waals surface area contributed by atoms with Gasteiger partial charge in [-0.05, 0) is 12.3 Å². The van der Waals surface area contributed by atoms with Crippen molar-refractivity contribution in [2.24, 2.45) is 11.7 Å². The Morgan fingerprint density at radius 1 is 1.62 bits per heavy atom. The highest BCUT2D eigenvalue weighted by Crippen LogP contribution is 2.21. The minimum absolute atomic E-state index is 0.132. The first-order chi connectivity index (χ1) is 6.24. The highest BCUT2D eigenvalue weighted by atomic mass is 32.1. The van der Waals surface area contributed by atoms with Gasteiger partial charge in [0, 0.05) is 11.4 Å². The molecule has 2 nitrogen and oxygen atoms in total. The summed E-state index contributed by atoms with van der Waals surface area (Å²) in [5, 5.41) is 2.04. The van der Waals surface area contributed by atoms with Gasteiger partial charge in [0.05, 0.1) is 11.2 Å². The highest BCUT2D eigenvalue weighted by Gasteiger charge is 2.11. The summed E-state index contributed by atoms with van der Waals surface area (Å²) in [5.41, 5.74) is 8.91. The van der Waals surface area contributed by atoms with Gasteiger partial charge in [-0.25, -0.2) is 4.98 Å². The molecule has 0 amide bonds. The zero-order valence-electron chi connectivity index (χ0n) is 8.36. The summed E-state index contributed by atoms with van der Waals surface area (Å²) in [7, 11) is 0. The summed E-state index contributed by atoms with van der Waals surface area (Å²) in [4.78, 5) is 4.22. The molecule has 0 aromatic carbocycles. The van der Waals surface area contributed by atoms with Crippen molar-refractivity contribution in [3.05, 3.63) is 16.6 Å². The summed E-state index contributed by atoms with van der Waals surface area (Å²) in [5.74, 6) is 0.710. The Morgan fingerprint density at radius 2 is 2.38 bits per heavy atom. The van der Waals surface area contributed by atoms with Crippen molar-refractivity contribution in [2.75, 3.05) is 0 Å². The maximum absolute atomic E-state index is 6.01. The summed E-state index contributed by atoms with van der Waals surface area (Å²) in [6.07, 6.45) is 3.56. The molecule has 1 aromatic heterocycles. The molecule has 1 aromatic rings. The lowest BCUT2D eigenvalue weighted by Gasteiger charge is -2.14. The van der Waals surface area contributed by atoms with Crippen molar-refractivity contribution in [1.82, 2.24) is 4.98 Å². The Balaban J connectivity index is 2.37. The van der Waals surface area contributed by atoms with Crippen LogP contribution in [0, 0.1) is 5.92 Å². The van der Waals surface area contributed by atoms with Crippen molar-refractivity contribution < 1.29 is 0 Å².